The summed E-state index contributed by atoms with van der Waals surface area (Å²) in [6.07, 6.45) is 0.860. The third-order valence-corrected chi connectivity index (χ3v) is 8.58. The van der Waals surface area contributed by atoms with Crippen molar-refractivity contribution in [1.82, 2.24) is 10.2 Å². The van der Waals surface area contributed by atoms with Crippen LogP contribution in [-0.4, -0.2) is 63.0 Å². The van der Waals surface area contributed by atoms with E-state index in [1.54, 1.807) is 36.4 Å². The van der Waals surface area contributed by atoms with E-state index in [4.69, 9.17) is 9.47 Å². The molecule has 0 spiro atoms. The molecule has 1 aliphatic heterocycles. The highest BCUT2D eigenvalue weighted by molar-refractivity contribution is 7.92. The maximum absolute atomic E-state index is 14.2. The highest BCUT2D eigenvalue weighted by Crippen LogP contribution is 2.36. The summed E-state index contributed by atoms with van der Waals surface area (Å²) in [6, 6.07) is 21.7. The van der Waals surface area contributed by atoms with Gasteiger partial charge in [-0.1, -0.05) is 55.5 Å². The van der Waals surface area contributed by atoms with E-state index in [-0.39, 0.29) is 23.0 Å². The van der Waals surface area contributed by atoms with Crippen LogP contribution >= 0.6 is 0 Å². The molecule has 1 N–H and O–H groups in total. The fraction of sp³-hybridized carbons (Fsp3) is 0.375. The van der Waals surface area contributed by atoms with Gasteiger partial charge in [-0.05, 0) is 63.4 Å². The molecule has 4 rings (SSSR count). The van der Waals surface area contributed by atoms with Crippen molar-refractivity contribution < 1.29 is 27.5 Å². The molecule has 0 unspecified atom stereocenters. The first-order valence-corrected chi connectivity index (χ1v) is 15.6. The van der Waals surface area contributed by atoms with Crippen molar-refractivity contribution in [1.29, 1.82) is 0 Å². The summed E-state index contributed by atoms with van der Waals surface area (Å²) in [4.78, 5) is 29.1. The van der Waals surface area contributed by atoms with E-state index in [0.29, 0.717) is 37.6 Å². The third-order valence-electron chi connectivity index (χ3n) is 6.79. The lowest BCUT2D eigenvalue weighted by Crippen LogP contribution is -2.56. The number of ether oxygens (including phenoxy) is 2. The molecule has 42 heavy (non-hydrogen) atoms. The Hall–Kier alpha value is -4.05. The monoisotopic (exact) mass is 593 g/mol. The Balaban J connectivity index is 1.72. The molecule has 1 atom stereocenters. The Morgan fingerprint density at radius 3 is 2.14 bits per heavy atom. The number of nitrogens with zero attached hydrogens (tertiary/aromatic N) is 2. The second-order valence-electron chi connectivity index (χ2n) is 11.1. The maximum atomic E-state index is 14.2. The number of anilines is 1. The molecule has 0 aromatic heterocycles. The van der Waals surface area contributed by atoms with Crippen molar-refractivity contribution in [2.24, 2.45) is 0 Å². The van der Waals surface area contributed by atoms with Crippen LogP contribution in [0.4, 0.5) is 5.69 Å². The van der Waals surface area contributed by atoms with Crippen LogP contribution in [0.5, 0.6) is 11.5 Å². The zero-order chi connectivity index (χ0) is 30.3. The van der Waals surface area contributed by atoms with Crippen molar-refractivity contribution in [2.75, 3.05) is 30.6 Å². The van der Waals surface area contributed by atoms with E-state index in [1.165, 1.54) is 17.0 Å². The first kappa shape index (κ1) is 30.9. The summed E-state index contributed by atoms with van der Waals surface area (Å²) in [5, 5.41) is 2.98. The third kappa shape index (κ3) is 7.61. The largest absolute Gasteiger partial charge is 0.486 e. The van der Waals surface area contributed by atoms with Gasteiger partial charge in [-0.3, -0.25) is 13.9 Å². The van der Waals surface area contributed by atoms with Gasteiger partial charge >= 0.3 is 0 Å². The number of nitrogens with one attached hydrogen (secondary N) is 1. The molecule has 9 nitrogen and oxygen atoms in total. The minimum absolute atomic E-state index is 0.0426. The number of rotatable bonds is 11. The number of amides is 2. The average molecular weight is 594 g/mol. The Kier molecular flexibility index (Phi) is 9.78. The van der Waals surface area contributed by atoms with E-state index in [9.17, 15) is 18.0 Å². The molecule has 0 saturated heterocycles. The number of benzene rings is 3. The molecule has 0 radical (unpaired) electrons. The lowest BCUT2D eigenvalue weighted by molar-refractivity contribution is -0.140. The van der Waals surface area contributed by atoms with Crippen LogP contribution in [0.3, 0.4) is 0 Å². The predicted octanol–water partition coefficient (Wildman–Crippen LogP) is 4.42. The highest BCUT2D eigenvalue weighted by Gasteiger charge is 2.34. The number of fused-ring (bicyclic) bond motifs is 1. The number of hydrogen-bond donors (Lipinski definition) is 1. The minimum Gasteiger partial charge on any atom is -0.486 e. The Labute approximate surface area is 248 Å². The van der Waals surface area contributed by atoms with Gasteiger partial charge in [-0.2, -0.15) is 0 Å². The van der Waals surface area contributed by atoms with Crippen LogP contribution in [-0.2, 0) is 26.0 Å². The first-order valence-electron chi connectivity index (χ1n) is 14.1. The summed E-state index contributed by atoms with van der Waals surface area (Å²) in [5.74, 6) is 0.124. The van der Waals surface area contributed by atoms with E-state index < -0.39 is 34.1 Å². The van der Waals surface area contributed by atoms with Crippen molar-refractivity contribution in [3.05, 3.63) is 84.4 Å². The number of carbonyl (C=O) groups is 2. The van der Waals surface area contributed by atoms with Crippen molar-refractivity contribution in [2.45, 2.75) is 57.0 Å². The molecule has 3 aromatic carbocycles. The molecule has 1 heterocycles. The van der Waals surface area contributed by atoms with E-state index in [0.717, 1.165) is 9.87 Å². The van der Waals surface area contributed by atoms with Gasteiger partial charge in [0.2, 0.25) is 11.8 Å². The number of carbonyl (C=O) groups excluding carboxylic acids is 2. The van der Waals surface area contributed by atoms with Crippen LogP contribution < -0.4 is 19.1 Å². The van der Waals surface area contributed by atoms with E-state index in [1.807, 2.05) is 58.0 Å². The smallest absolute Gasteiger partial charge is 0.264 e. The molecule has 10 heteroatoms. The lowest BCUT2D eigenvalue weighted by atomic mass is 10.1. The molecule has 224 valence electrons. The molecule has 0 aliphatic carbocycles. The zero-order valence-electron chi connectivity index (χ0n) is 24.6. The van der Waals surface area contributed by atoms with Crippen LogP contribution in [0.1, 0.15) is 39.7 Å². The maximum Gasteiger partial charge on any atom is 0.264 e. The molecule has 0 fully saturated rings. The molecule has 3 aromatic rings. The van der Waals surface area contributed by atoms with Gasteiger partial charge in [-0.15, -0.1) is 0 Å². The van der Waals surface area contributed by atoms with Gasteiger partial charge in [-0.25, -0.2) is 8.42 Å². The molecular weight excluding hydrogens is 554 g/mol. The fourth-order valence-corrected chi connectivity index (χ4v) is 6.21. The molecular formula is C32H39N3O6S. The van der Waals surface area contributed by atoms with Crippen molar-refractivity contribution >= 4 is 27.5 Å². The van der Waals surface area contributed by atoms with Gasteiger partial charge in [0.1, 0.15) is 25.8 Å². The van der Waals surface area contributed by atoms with Crippen molar-refractivity contribution in [3.8, 4) is 11.5 Å². The summed E-state index contributed by atoms with van der Waals surface area (Å²) in [6.45, 7) is 7.92. The highest BCUT2D eigenvalue weighted by atomic mass is 32.2. The zero-order valence-corrected chi connectivity index (χ0v) is 25.4. The topological polar surface area (TPSA) is 105 Å². The average Bonchev–Trinajstić information content (AvgIpc) is 2.97. The van der Waals surface area contributed by atoms with Gasteiger partial charge in [0.25, 0.3) is 10.0 Å². The standard InChI is InChI=1S/C32H39N3O6S/c1-5-27(31(37)33-32(2,3)4)34(19-18-24-12-8-6-9-13-24)30(36)23-35(42(38,39)26-14-10-7-11-15-26)25-16-17-28-29(22-25)41-21-20-40-28/h6-17,22,27H,5,18-21,23H2,1-4H3,(H,33,37)/t27-/m1/s1. The van der Waals surface area contributed by atoms with E-state index >= 15 is 0 Å². The summed E-state index contributed by atoms with van der Waals surface area (Å²) in [7, 11) is -4.17. The predicted molar refractivity (Wildman–Crippen MR) is 162 cm³/mol. The SMILES string of the molecule is CC[C@H](C(=O)NC(C)(C)C)N(CCc1ccccc1)C(=O)CN(c1ccc2c(c1)OCCO2)S(=O)(=O)c1ccccc1. The van der Waals surface area contributed by atoms with Gasteiger partial charge < -0.3 is 19.7 Å². The minimum atomic E-state index is -4.17. The summed E-state index contributed by atoms with van der Waals surface area (Å²) >= 11 is 0. The molecule has 0 saturated carbocycles. The second kappa shape index (κ2) is 13.3. The Morgan fingerprint density at radius 1 is 0.905 bits per heavy atom. The molecule has 2 amide bonds. The number of sulfonamides is 1. The summed E-state index contributed by atoms with van der Waals surface area (Å²) < 4.78 is 40.4. The quantitative estimate of drug-likeness (QED) is 0.353. The Morgan fingerprint density at radius 2 is 1.52 bits per heavy atom. The summed E-state index contributed by atoms with van der Waals surface area (Å²) in [5.41, 5.74) is 0.751. The van der Waals surface area contributed by atoms with Crippen LogP contribution in [0.25, 0.3) is 0 Å². The van der Waals surface area contributed by atoms with Crippen LogP contribution in [0.2, 0.25) is 0 Å². The molecule has 1 aliphatic rings. The second-order valence-corrected chi connectivity index (χ2v) is 13.0. The number of hydrogen-bond acceptors (Lipinski definition) is 6. The van der Waals surface area contributed by atoms with Gasteiger partial charge in [0.05, 0.1) is 10.6 Å². The van der Waals surface area contributed by atoms with Gasteiger partial charge in [0.15, 0.2) is 11.5 Å². The molecule has 0 bridgehead atoms. The van der Waals surface area contributed by atoms with Crippen LogP contribution in [0.15, 0.2) is 83.8 Å². The van der Waals surface area contributed by atoms with Crippen molar-refractivity contribution in [3.63, 3.8) is 0 Å². The normalized spacial score (nSPS) is 13.6. The van der Waals surface area contributed by atoms with E-state index in [2.05, 4.69) is 5.32 Å². The fourth-order valence-electron chi connectivity index (χ4n) is 4.78. The van der Waals surface area contributed by atoms with Crippen LogP contribution in [0, 0.1) is 0 Å². The van der Waals surface area contributed by atoms with Gasteiger partial charge in [0, 0.05) is 18.2 Å². The first-order chi connectivity index (χ1) is 20.0. The lowest BCUT2D eigenvalue weighted by Gasteiger charge is -2.35. The Bertz CT molecular complexity index is 1470.